The molecule has 0 amide bonds. The van der Waals surface area contributed by atoms with Gasteiger partial charge in [-0.05, 0) is 6.08 Å². The lowest BCUT2D eigenvalue weighted by Crippen LogP contribution is -2.26. The van der Waals surface area contributed by atoms with E-state index in [1.807, 2.05) is 41.2 Å². The number of nitrogens with zero attached hydrogens (tertiary/aromatic N) is 1. The van der Waals surface area contributed by atoms with Crippen LogP contribution in [0, 0.1) is 0 Å². The summed E-state index contributed by atoms with van der Waals surface area (Å²) >= 11 is 0. The maximum absolute atomic E-state index is 7.51. The van der Waals surface area contributed by atoms with Crippen LogP contribution in [0.3, 0.4) is 0 Å². The fraction of sp³-hybridized carbons (Fsp3) is 0.125. The van der Waals surface area contributed by atoms with Crippen molar-refractivity contribution >= 4 is 6.20 Å². The third-order valence-corrected chi connectivity index (χ3v) is 1.44. The van der Waals surface area contributed by atoms with Crippen LogP contribution in [0.15, 0.2) is 30.5 Å². The number of allylic oxidation sites excluding steroid dienone is 1. The molecule has 1 unspecified atom stereocenters. The molecule has 1 atom stereocenters. The third-order valence-electron chi connectivity index (χ3n) is 1.44. The Labute approximate surface area is 55.7 Å². The van der Waals surface area contributed by atoms with Crippen LogP contribution in [0.1, 0.15) is 7.06 Å². The summed E-state index contributed by atoms with van der Waals surface area (Å²) in [4.78, 5) is 0. The molecule has 0 fully saturated rings. The quantitative estimate of drug-likeness (QED) is 0.448. The van der Waals surface area contributed by atoms with Gasteiger partial charge in [0.05, 0.1) is 6.40 Å². The molecule has 0 N–H and O–H groups in total. The number of rotatable bonds is 0. The first-order chi connectivity index (χ1) is 4.88. The average molecular weight is 119 g/mol. The van der Waals surface area contributed by atoms with Gasteiger partial charge in [-0.3, -0.25) is 0 Å². The predicted molar refractivity (Wildman–Crippen MR) is 35.7 cm³/mol. The zero-order chi connectivity index (χ0) is 6.97. The standard InChI is InChI=1S/C8H8N/c1-2-6-9-7-3-5-8(9)4-1/h1-4,6-7H,5H2/q+1/i5D. The van der Waals surface area contributed by atoms with Crippen molar-refractivity contribution in [3.05, 3.63) is 36.2 Å². The second kappa shape index (κ2) is 1.69. The minimum Gasteiger partial charge on any atom is -0.171 e. The molecule has 1 nitrogen and oxygen atoms in total. The number of hydrogen-bond acceptors (Lipinski definition) is 0. The van der Waals surface area contributed by atoms with Gasteiger partial charge in [-0.2, -0.15) is 4.57 Å². The molecule has 1 aromatic heterocycles. The zero-order valence-electron chi connectivity index (χ0n) is 5.99. The summed E-state index contributed by atoms with van der Waals surface area (Å²) in [7, 11) is 0. The third kappa shape index (κ3) is 0.653. The van der Waals surface area contributed by atoms with Gasteiger partial charge in [0.25, 0.3) is 0 Å². The summed E-state index contributed by atoms with van der Waals surface area (Å²) in [5.74, 6) is 0. The molecule has 0 saturated heterocycles. The van der Waals surface area contributed by atoms with Gasteiger partial charge < -0.3 is 0 Å². The Morgan fingerprint density at radius 1 is 1.56 bits per heavy atom. The van der Waals surface area contributed by atoms with E-state index in [-0.39, 0.29) is 6.40 Å². The van der Waals surface area contributed by atoms with Crippen LogP contribution >= 0.6 is 0 Å². The Morgan fingerprint density at radius 3 is 3.44 bits per heavy atom. The maximum atomic E-state index is 7.51. The first kappa shape index (κ1) is 3.83. The summed E-state index contributed by atoms with van der Waals surface area (Å²) in [5.41, 5.74) is 1.04. The van der Waals surface area contributed by atoms with E-state index in [1.165, 1.54) is 0 Å². The number of pyridine rings is 1. The van der Waals surface area contributed by atoms with Crippen LogP contribution in [-0.2, 0) is 6.40 Å². The number of hydrogen-bond donors (Lipinski definition) is 0. The van der Waals surface area contributed by atoms with Gasteiger partial charge in [0.15, 0.2) is 18.1 Å². The first-order valence-corrected chi connectivity index (χ1v) is 2.98. The van der Waals surface area contributed by atoms with Crippen molar-refractivity contribution in [3.8, 4) is 0 Å². The van der Waals surface area contributed by atoms with Crippen LogP contribution in [0.4, 0.5) is 0 Å². The molecular weight excluding hydrogens is 110 g/mol. The van der Waals surface area contributed by atoms with E-state index in [9.17, 15) is 0 Å². The molecule has 44 valence electrons. The molecule has 1 heteroatoms. The minimum atomic E-state index is -0.166. The molecule has 0 radical (unpaired) electrons. The minimum absolute atomic E-state index is 0.166. The summed E-state index contributed by atoms with van der Waals surface area (Å²) in [6.07, 6.45) is 5.59. The van der Waals surface area contributed by atoms with Gasteiger partial charge in [0.1, 0.15) is 0 Å². The predicted octanol–water partition coefficient (Wildman–Crippen LogP) is 1.00. The van der Waals surface area contributed by atoms with Gasteiger partial charge in [-0.25, -0.2) is 0 Å². The largest absolute Gasteiger partial charge is 0.190 e. The molecule has 0 spiro atoms. The SMILES string of the molecule is [2H]C1C=C[n+]2ccccc21. The summed E-state index contributed by atoms with van der Waals surface area (Å²) < 4.78 is 9.48. The first-order valence-electron chi connectivity index (χ1n) is 3.56. The van der Waals surface area contributed by atoms with Crippen molar-refractivity contribution in [2.75, 3.05) is 0 Å². The van der Waals surface area contributed by atoms with Crippen molar-refractivity contribution in [1.82, 2.24) is 0 Å². The summed E-state index contributed by atoms with van der Waals surface area (Å²) in [6, 6.07) is 5.89. The Kier molecular flexibility index (Phi) is 0.719. The molecule has 2 heterocycles. The Hall–Kier alpha value is -1.11. The van der Waals surface area contributed by atoms with Crippen molar-refractivity contribution in [2.45, 2.75) is 6.40 Å². The fourth-order valence-electron chi connectivity index (χ4n) is 0.980. The van der Waals surface area contributed by atoms with Gasteiger partial charge in [-0.15, -0.1) is 0 Å². The van der Waals surface area contributed by atoms with Crippen LogP contribution < -0.4 is 4.57 Å². The molecule has 0 saturated carbocycles. The van der Waals surface area contributed by atoms with E-state index >= 15 is 0 Å². The lowest BCUT2D eigenvalue weighted by atomic mass is 10.3. The summed E-state index contributed by atoms with van der Waals surface area (Å²) in [6.45, 7) is 0. The molecular formula is C8H8N+. The molecule has 0 bridgehead atoms. The van der Waals surface area contributed by atoms with Crippen LogP contribution in [0.25, 0.3) is 6.20 Å². The Morgan fingerprint density at radius 2 is 2.56 bits per heavy atom. The monoisotopic (exact) mass is 119 g/mol. The number of fused-ring (bicyclic) bond motifs is 1. The topological polar surface area (TPSA) is 3.88 Å². The smallest absolute Gasteiger partial charge is 0.171 e. The summed E-state index contributed by atoms with van der Waals surface area (Å²) in [5, 5.41) is 0. The van der Waals surface area contributed by atoms with Crippen molar-refractivity contribution in [3.63, 3.8) is 0 Å². The Balaban J connectivity index is 2.59. The van der Waals surface area contributed by atoms with Crippen molar-refractivity contribution in [1.29, 1.82) is 0 Å². The van der Waals surface area contributed by atoms with E-state index in [0.717, 1.165) is 5.69 Å². The molecule has 1 aliphatic heterocycles. The van der Waals surface area contributed by atoms with E-state index in [4.69, 9.17) is 1.37 Å². The van der Waals surface area contributed by atoms with E-state index < -0.39 is 0 Å². The van der Waals surface area contributed by atoms with Crippen LogP contribution in [0.5, 0.6) is 0 Å². The highest BCUT2D eigenvalue weighted by molar-refractivity contribution is 5.19. The fourth-order valence-corrected chi connectivity index (χ4v) is 0.980. The molecule has 9 heavy (non-hydrogen) atoms. The lowest BCUT2D eigenvalue weighted by molar-refractivity contribution is -0.571. The molecule has 0 aromatic carbocycles. The Bertz CT molecular complexity index is 280. The second-order valence-corrected chi connectivity index (χ2v) is 2.04. The highest BCUT2D eigenvalue weighted by atomic mass is 14.9. The van der Waals surface area contributed by atoms with Crippen molar-refractivity contribution < 1.29 is 5.94 Å². The molecule has 1 aliphatic rings. The molecule has 0 aliphatic carbocycles. The number of aromatic nitrogens is 1. The average Bonchev–Trinajstić information content (AvgIpc) is 2.34. The van der Waals surface area contributed by atoms with Crippen LogP contribution in [-0.4, -0.2) is 0 Å². The van der Waals surface area contributed by atoms with Crippen molar-refractivity contribution in [2.24, 2.45) is 0 Å². The second-order valence-electron chi connectivity index (χ2n) is 2.04. The molecule has 2 rings (SSSR count). The lowest BCUT2D eigenvalue weighted by Gasteiger charge is -1.85. The van der Waals surface area contributed by atoms with Gasteiger partial charge in [-0.1, -0.05) is 6.07 Å². The zero-order valence-corrected chi connectivity index (χ0v) is 4.99. The normalized spacial score (nSPS) is 23.6. The van der Waals surface area contributed by atoms with E-state index in [1.54, 1.807) is 0 Å². The highest BCUT2D eigenvalue weighted by Crippen LogP contribution is 1.99. The molecule has 1 aromatic rings. The van der Waals surface area contributed by atoms with Gasteiger partial charge in [0, 0.05) is 13.5 Å². The van der Waals surface area contributed by atoms with Crippen LogP contribution in [0.2, 0.25) is 0 Å². The van der Waals surface area contributed by atoms with E-state index in [0.29, 0.717) is 0 Å². The van der Waals surface area contributed by atoms with E-state index in [2.05, 4.69) is 0 Å². The van der Waals surface area contributed by atoms with Gasteiger partial charge in [0.2, 0.25) is 0 Å². The van der Waals surface area contributed by atoms with Gasteiger partial charge >= 0.3 is 0 Å². The highest BCUT2D eigenvalue weighted by Gasteiger charge is 2.09. The maximum Gasteiger partial charge on any atom is 0.190 e.